The minimum atomic E-state index is 0.682. The monoisotopic (exact) mass is 254 g/mol. The van der Waals surface area contributed by atoms with Crippen LogP contribution in [0, 0.1) is 0 Å². The van der Waals surface area contributed by atoms with Gasteiger partial charge in [0.1, 0.15) is 0 Å². The van der Waals surface area contributed by atoms with Crippen molar-refractivity contribution in [1.82, 2.24) is 5.32 Å². The van der Waals surface area contributed by atoms with E-state index in [1.54, 1.807) is 6.21 Å². The summed E-state index contributed by atoms with van der Waals surface area (Å²) in [5.74, 6) is 0.682. The Morgan fingerprint density at radius 3 is 2.84 bits per heavy atom. The molecule has 0 bridgehead atoms. The van der Waals surface area contributed by atoms with Crippen LogP contribution in [-0.2, 0) is 0 Å². The predicted molar refractivity (Wildman–Crippen MR) is 83.6 cm³/mol. The molecule has 100 valence electrons. The van der Waals surface area contributed by atoms with Gasteiger partial charge >= 0.3 is 0 Å². The largest absolute Gasteiger partial charge is 0.317 e. The van der Waals surface area contributed by atoms with Crippen LogP contribution in [0.3, 0.4) is 0 Å². The van der Waals surface area contributed by atoms with Crippen LogP contribution in [0.5, 0.6) is 0 Å². The second kappa shape index (κ2) is 7.05. The van der Waals surface area contributed by atoms with Crippen LogP contribution in [0.4, 0.5) is 0 Å². The number of nitrogens with zero attached hydrogens (tertiary/aromatic N) is 1. The van der Waals surface area contributed by atoms with E-state index < -0.39 is 0 Å². The van der Waals surface area contributed by atoms with Gasteiger partial charge in [-0.25, -0.2) is 0 Å². The van der Waals surface area contributed by atoms with E-state index in [2.05, 4.69) is 41.2 Å². The van der Waals surface area contributed by atoms with Crippen molar-refractivity contribution >= 4 is 11.8 Å². The zero-order valence-electron chi connectivity index (χ0n) is 11.6. The Morgan fingerprint density at radius 2 is 2.16 bits per heavy atom. The molecule has 1 saturated heterocycles. The molecular weight excluding hydrogens is 232 g/mol. The fraction of sp³-hybridized carbons (Fsp3) is 0.353. The van der Waals surface area contributed by atoms with Crippen molar-refractivity contribution in [2.75, 3.05) is 13.1 Å². The molecule has 0 spiro atoms. The van der Waals surface area contributed by atoms with E-state index in [0.717, 1.165) is 18.7 Å². The molecule has 1 aromatic carbocycles. The molecule has 0 aliphatic carbocycles. The van der Waals surface area contributed by atoms with Gasteiger partial charge < -0.3 is 5.32 Å². The summed E-state index contributed by atoms with van der Waals surface area (Å²) in [6.07, 6.45) is 7.98. The zero-order chi connectivity index (χ0) is 13.5. The molecule has 0 aromatic heterocycles. The lowest BCUT2D eigenvalue weighted by molar-refractivity contribution is 0.460. The van der Waals surface area contributed by atoms with Crippen LogP contribution in [0.1, 0.15) is 36.8 Å². The average Bonchev–Trinajstić information content (AvgIpc) is 2.49. The third-order valence-electron chi connectivity index (χ3n) is 3.61. The Kier molecular flexibility index (Phi) is 5.10. The topological polar surface area (TPSA) is 24.4 Å². The van der Waals surface area contributed by atoms with Gasteiger partial charge in [0.2, 0.25) is 0 Å². The standard InChI is InChI=1S/C17H22N2/c1-3-14(13-18-4-2)16-6-5-7-17(12-16)15-8-10-19-11-9-15/h3-7,12-13,15,19H,1,8-11H2,2H3/b14-13+,18-4?. The lowest BCUT2D eigenvalue weighted by Gasteiger charge is -2.23. The molecule has 1 aliphatic rings. The number of benzene rings is 1. The maximum absolute atomic E-state index is 4.19. The summed E-state index contributed by atoms with van der Waals surface area (Å²) in [6.45, 7) is 8.05. The highest BCUT2D eigenvalue weighted by Crippen LogP contribution is 2.27. The Hall–Kier alpha value is -1.67. The van der Waals surface area contributed by atoms with E-state index in [-0.39, 0.29) is 0 Å². The normalized spacial score (nSPS) is 17.8. The van der Waals surface area contributed by atoms with Crippen molar-refractivity contribution in [3.63, 3.8) is 0 Å². The lowest BCUT2D eigenvalue weighted by Crippen LogP contribution is -2.26. The fourth-order valence-electron chi connectivity index (χ4n) is 2.53. The minimum absolute atomic E-state index is 0.682. The van der Waals surface area contributed by atoms with Gasteiger partial charge in [-0.05, 0) is 55.5 Å². The molecule has 0 atom stereocenters. The molecule has 19 heavy (non-hydrogen) atoms. The average molecular weight is 254 g/mol. The molecule has 1 fully saturated rings. The smallest absolute Gasteiger partial charge is 0.0342 e. The van der Waals surface area contributed by atoms with E-state index in [9.17, 15) is 0 Å². The molecule has 2 rings (SSSR count). The van der Waals surface area contributed by atoms with Crippen molar-refractivity contribution in [2.24, 2.45) is 4.99 Å². The van der Waals surface area contributed by atoms with Gasteiger partial charge in [-0.1, -0.05) is 36.9 Å². The van der Waals surface area contributed by atoms with Crippen molar-refractivity contribution in [3.8, 4) is 0 Å². The second-order valence-corrected chi connectivity index (χ2v) is 4.85. The number of hydrogen-bond donors (Lipinski definition) is 1. The van der Waals surface area contributed by atoms with Gasteiger partial charge in [0, 0.05) is 12.4 Å². The molecule has 2 heteroatoms. The predicted octanol–water partition coefficient (Wildman–Crippen LogP) is 3.77. The highest BCUT2D eigenvalue weighted by Gasteiger charge is 2.15. The van der Waals surface area contributed by atoms with E-state index >= 15 is 0 Å². The molecule has 1 N–H and O–H groups in total. The summed E-state index contributed by atoms with van der Waals surface area (Å²) in [6, 6.07) is 8.79. The van der Waals surface area contributed by atoms with Crippen molar-refractivity contribution < 1.29 is 0 Å². The summed E-state index contributed by atoms with van der Waals surface area (Å²) >= 11 is 0. The Bertz CT molecular complexity index is 480. The Balaban J connectivity index is 2.24. The number of aliphatic imine (C=N–C) groups is 1. The number of nitrogens with one attached hydrogen (secondary N) is 1. The Labute approximate surface area is 116 Å². The highest BCUT2D eigenvalue weighted by molar-refractivity contribution is 5.74. The first-order valence-corrected chi connectivity index (χ1v) is 6.96. The van der Waals surface area contributed by atoms with Gasteiger partial charge in [0.05, 0.1) is 0 Å². The Morgan fingerprint density at radius 1 is 1.37 bits per heavy atom. The lowest BCUT2D eigenvalue weighted by atomic mass is 9.88. The SMILES string of the molecule is C=C/C(=C\N=CC)c1cccc(C2CCNCC2)c1. The van der Waals surface area contributed by atoms with Crippen LogP contribution in [0.15, 0.2) is 48.1 Å². The van der Waals surface area contributed by atoms with Gasteiger partial charge in [-0.2, -0.15) is 0 Å². The quantitative estimate of drug-likeness (QED) is 0.642. The van der Waals surface area contributed by atoms with Gasteiger partial charge in [-0.3, -0.25) is 4.99 Å². The summed E-state index contributed by atoms with van der Waals surface area (Å²) in [5, 5.41) is 3.41. The first kappa shape index (κ1) is 13.8. The highest BCUT2D eigenvalue weighted by atomic mass is 14.9. The van der Waals surface area contributed by atoms with Crippen LogP contribution < -0.4 is 5.32 Å². The zero-order valence-corrected chi connectivity index (χ0v) is 11.6. The van der Waals surface area contributed by atoms with Gasteiger partial charge in [0.25, 0.3) is 0 Å². The van der Waals surface area contributed by atoms with Crippen molar-refractivity contribution in [1.29, 1.82) is 0 Å². The molecule has 0 amide bonds. The van der Waals surface area contributed by atoms with Crippen LogP contribution in [0.25, 0.3) is 5.57 Å². The number of piperidine rings is 1. The van der Waals surface area contributed by atoms with Gasteiger partial charge in [-0.15, -0.1) is 0 Å². The molecule has 2 nitrogen and oxygen atoms in total. The molecule has 1 aliphatic heterocycles. The molecule has 0 radical (unpaired) electrons. The fourth-order valence-corrected chi connectivity index (χ4v) is 2.53. The van der Waals surface area contributed by atoms with Crippen molar-refractivity contribution in [2.45, 2.75) is 25.7 Å². The van der Waals surface area contributed by atoms with Crippen LogP contribution >= 0.6 is 0 Å². The summed E-state index contributed by atoms with van der Waals surface area (Å²) < 4.78 is 0. The number of rotatable bonds is 4. The number of allylic oxidation sites excluding steroid dienone is 2. The molecular formula is C17H22N2. The first-order chi connectivity index (χ1) is 9.35. The first-order valence-electron chi connectivity index (χ1n) is 6.96. The molecule has 1 heterocycles. The molecule has 0 saturated carbocycles. The third-order valence-corrected chi connectivity index (χ3v) is 3.61. The summed E-state index contributed by atoms with van der Waals surface area (Å²) in [4.78, 5) is 4.19. The van der Waals surface area contributed by atoms with Crippen LogP contribution in [-0.4, -0.2) is 19.3 Å². The third kappa shape index (κ3) is 3.65. The van der Waals surface area contributed by atoms with E-state index in [1.165, 1.54) is 24.0 Å². The van der Waals surface area contributed by atoms with Crippen molar-refractivity contribution in [3.05, 3.63) is 54.2 Å². The van der Waals surface area contributed by atoms with E-state index in [1.807, 2.05) is 19.2 Å². The van der Waals surface area contributed by atoms with Gasteiger partial charge in [0.15, 0.2) is 0 Å². The maximum atomic E-state index is 4.19. The van der Waals surface area contributed by atoms with Crippen LogP contribution in [0.2, 0.25) is 0 Å². The summed E-state index contributed by atoms with van der Waals surface area (Å²) in [5.41, 5.74) is 3.72. The minimum Gasteiger partial charge on any atom is -0.317 e. The maximum Gasteiger partial charge on any atom is 0.0342 e. The second-order valence-electron chi connectivity index (χ2n) is 4.85. The number of hydrogen-bond acceptors (Lipinski definition) is 2. The summed E-state index contributed by atoms with van der Waals surface area (Å²) in [7, 11) is 0. The molecule has 0 unspecified atom stereocenters. The van der Waals surface area contributed by atoms with E-state index in [4.69, 9.17) is 0 Å². The van der Waals surface area contributed by atoms with E-state index in [0.29, 0.717) is 5.92 Å². The molecule has 1 aromatic rings.